The second-order valence-corrected chi connectivity index (χ2v) is 11.7. The van der Waals surface area contributed by atoms with Crippen LogP contribution in [0.5, 0.6) is 0 Å². The Hall–Kier alpha value is -0.123. The molecule has 2 atom stereocenters. The number of hydrogen-bond acceptors (Lipinski definition) is 2. The van der Waals surface area contributed by atoms with Crippen molar-refractivity contribution in [1.29, 1.82) is 0 Å². The average molecular weight is 240 g/mol. The summed E-state index contributed by atoms with van der Waals surface area (Å²) in [7, 11) is -1.27. The molecule has 0 aliphatic carbocycles. The zero-order valence-corrected chi connectivity index (χ0v) is 11.9. The number of hydrogen-bond donors (Lipinski definition) is 0. The van der Waals surface area contributed by atoms with Gasteiger partial charge in [-0.25, -0.2) is 0 Å². The molecule has 0 N–H and O–H groups in total. The van der Waals surface area contributed by atoms with Crippen LogP contribution in [0, 0.1) is 6.92 Å². The van der Waals surface area contributed by atoms with Crippen LogP contribution in [0.3, 0.4) is 0 Å². The van der Waals surface area contributed by atoms with Gasteiger partial charge in [-0.2, -0.15) is 11.3 Å². The van der Waals surface area contributed by atoms with E-state index in [1.807, 2.05) is 11.3 Å². The highest BCUT2D eigenvalue weighted by molar-refractivity contribution is 7.26. The molecule has 1 aliphatic heterocycles. The van der Waals surface area contributed by atoms with E-state index in [0.29, 0.717) is 6.10 Å². The van der Waals surface area contributed by atoms with E-state index < -0.39 is 8.07 Å². The van der Waals surface area contributed by atoms with E-state index in [2.05, 4.69) is 39.1 Å². The molecule has 2 heterocycles. The molecule has 0 radical (unpaired) electrons. The smallest absolute Gasteiger partial charge is 0.0988 e. The molecule has 0 aromatic carbocycles. The molecule has 0 spiro atoms. The molecule has 1 aromatic heterocycles. The van der Waals surface area contributed by atoms with Crippen molar-refractivity contribution in [3.8, 4) is 0 Å². The fourth-order valence-electron chi connectivity index (χ4n) is 2.30. The van der Waals surface area contributed by atoms with Crippen LogP contribution in [-0.4, -0.2) is 20.8 Å². The molecule has 15 heavy (non-hydrogen) atoms. The van der Waals surface area contributed by atoms with Gasteiger partial charge in [0.15, 0.2) is 0 Å². The van der Waals surface area contributed by atoms with Crippen molar-refractivity contribution in [1.82, 2.24) is 0 Å². The van der Waals surface area contributed by atoms with Crippen molar-refractivity contribution < 1.29 is 4.74 Å². The molecule has 0 saturated carbocycles. The Morgan fingerprint density at radius 3 is 2.60 bits per heavy atom. The minimum absolute atomic E-state index is 0.475. The first kappa shape index (κ1) is 11.4. The predicted molar refractivity (Wildman–Crippen MR) is 70.0 cm³/mol. The molecule has 1 nitrogen and oxygen atoms in total. The first-order valence-electron chi connectivity index (χ1n) is 5.68. The van der Waals surface area contributed by atoms with Crippen LogP contribution in [0.4, 0.5) is 0 Å². The summed E-state index contributed by atoms with van der Waals surface area (Å²) in [4.78, 5) is 1.44. The predicted octanol–water partition coefficient (Wildman–Crippen LogP) is 3.15. The van der Waals surface area contributed by atoms with Crippen LogP contribution in [0.15, 0.2) is 12.1 Å². The Balaban J connectivity index is 2.19. The van der Waals surface area contributed by atoms with Gasteiger partial charge in [-0.3, -0.25) is 0 Å². The molecule has 0 bridgehead atoms. The topological polar surface area (TPSA) is 9.23 Å². The van der Waals surface area contributed by atoms with Gasteiger partial charge in [0, 0.05) is 11.5 Å². The van der Waals surface area contributed by atoms with Crippen molar-refractivity contribution in [3.05, 3.63) is 17.0 Å². The van der Waals surface area contributed by atoms with Gasteiger partial charge in [0.05, 0.1) is 14.2 Å². The normalized spacial score (nSPS) is 27.2. The Bertz CT molecular complexity index is 345. The first-order chi connectivity index (χ1) is 7.00. The monoisotopic (exact) mass is 240 g/mol. The SMILES string of the molecule is Cc1ccc([Si](C)(C)[C@@H]2CO[C@H](C)C2)s1. The second-order valence-electron chi connectivity index (χ2n) is 5.21. The van der Waals surface area contributed by atoms with Crippen LogP contribution >= 0.6 is 11.3 Å². The summed E-state index contributed by atoms with van der Waals surface area (Å²) in [5.41, 5.74) is 0.811. The van der Waals surface area contributed by atoms with Gasteiger partial charge in [-0.15, -0.1) is 0 Å². The fraction of sp³-hybridized carbons (Fsp3) is 0.667. The number of aryl methyl sites for hydroxylation is 1. The summed E-state index contributed by atoms with van der Waals surface area (Å²) in [6, 6.07) is 4.60. The maximum atomic E-state index is 5.72. The number of ether oxygens (including phenoxy) is 1. The molecule has 84 valence electrons. The molecule has 1 saturated heterocycles. The molecule has 3 heteroatoms. The molecule has 1 aromatic rings. The maximum Gasteiger partial charge on any atom is 0.0988 e. The van der Waals surface area contributed by atoms with Crippen molar-refractivity contribution in [2.75, 3.05) is 6.61 Å². The van der Waals surface area contributed by atoms with E-state index in [4.69, 9.17) is 4.74 Å². The quantitative estimate of drug-likeness (QED) is 0.722. The van der Waals surface area contributed by atoms with E-state index >= 15 is 0 Å². The first-order valence-corrected chi connectivity index (χ1v) is 9.58. The minimum Gasteiger partial charge on any atom is -0.379 e. The van der Waals surface area contributed by atoms with Crippen molar-refractivity contribution >= 4 is 23.9 Å². The van der Waals surface area contributed by atoms with Crippen LogP contribution in [0.1, 0.15) is 18.2 Å². The van der Waals surface area contributed by atoms with Crippen LogP contribution < -0.4 is 4.50 Å². The van der Waals surface area contributed by atoms with Gasteiger partial charge in [0.2, 0.25) is 0 Å². The highest BCUT2D eigenvalue weighted by atomic mass is 32.1. The lowest BCUT2D eigenvalue weighted by molar-refractivity contribution is 0.125. The van der Waals surface area contributed by atoms with E-state index in [1.54, 1.807) is 4.50 Å². The van der Waals surface area contributed by atoms with Gasteiger partial charge >= 0.3 is 0 Å². The van der Waals surface area contributed by atoms with Gasteiger partial charge in [0.25, 0.3) is 0 Å². The Kier molecular flexibility index (Phi) is 3.06. The Morgan fingerprint density at radius 1 is 1.40 bits per heavy atom. The van der Waals surface area contributed by atoms with Gasteiger partial charge in [-0.05, 0) is 36.4 Å². The molecule has 1 fully saturated rings. The Labute approximate surface area is 97.5 Å². The zero-order valence-electron chi connectivity index (χ0n) is 10.0. The van der Waals surface area contributed by atoms with Crippen molar-refractivity contribution in [2.45, 2.75) is 45.0 Å². The van der Waals surface area contributed by atoms with Gasteiger partial charge in [-0.1, -0.05) is 19.2 Å². The molecule has 1 aliphatic rings. The van der Waals surface area contributed by atoms with Crippen LogP contribution in [0.25, 0.3) is 0 Å². The fourth-order valence-corrected chi connectivity index (χ4v) is 7.31. The molecule has 0 amide bonds. The van der Waals surface area contributed by atoms with Crippen molar-refractivity contribution in [3.63, 3.8) is 0 Å². The van der Waals surface area contributed by atoms with Crippen LogP contribution in [0.2, 0.25) is 18.6 Å². The van der Waals surface area contributed by atoms with Crippen molar-refractivity contribution in [2.24, 2.45) is 0 Å². The van der Waals surface area contributed by atoms with E-state index in [9.17, 15) is 0 Å². The number of rotatable bonds is 2. The third-order valence-corrected chi connectivity index (χ3v) is 10.2. The lowest BCUT2D eigenvalue weighted by atomic mass is 10.3. The van der Waals surface area contributed by atoms with E-state index in [1.165, 1.54) is 11.3 Å². The molecule has 0 unspecified atom stereocenters. The van der Waals surface area contributed by atoms with E-state index in [-0.39, 0.29) is 0 Å². The third-order valence-electron chi connectivity index (χ3n) is 3.59. The standard InChI is InChI=1S/C12H20OSSi/c1-9-7-11(8-13-9)15(3,4)12-6-5-10(2)14-12/h5-6,9,11H,7-8H2,1-4H3/t9-,11+/m1/s1. The molecular formula is C12H20OSSi. The lowest BCUT2D eigenvalue weighted by Crippen LogP contribution is -2.44. The summed E-state index contributed by atoms with van der Waals surface area (Å²) < 4.78 is 7.36. The third kappa shape index (κ3) is 2.19. The lowest BCUT2D eigenvalue weighted by Gasteiger charge is -2.27. The number of thiophene rings is 1. The molecule has 2 rings (SSSR count). The summed E-state index contributed by atoms with van der Waals surface area (Å²) in [5, 5.41) is 0. The Morgan fingerprint density at radius 2 is 2.13 bits per heavy atom. The summed E-state index contributed by atoms with van der Waals surface area (Å²) in [6.07, 6.45) is 1.73. The summed E-state index contributed by atoms with van der Waals surface area (Å²) in [6.45, 7) is 10.4. The largest absolute Gasteiger partial charge is 0.379 e. The second kappa shape index (κ2) is 4.04. The zero-order chi connectivity index (χ0) is 11.1. The molecular weight excluding hydrogens is 220 g/mol. The summed E-state index contributed by atoms with van der Waals surface area (Å²) >= 11 is 1.99. The van der Waals surface area contributed by atoms with E-state index in [0.717, 1.165) is 12.1 Å². The summed E-state index contributed by atoms with van der Waals surface area (Å²) in [5.74, 6) is 0. The average Bonchev–Trinajstić information content (AvgIpc) is 2.74. The van der Waals surface area contributed by atoms with Crippen LogP contribution in [-0.2, 0) is 4.74 Å². The highest BCUT2D eigenvalue weighted by Crippen LogP contribution is 2.34. The highest BCUT2D eigenvalue weighted by Gasteiger charge is 2.39. The van der Waals surface area contributed by atoms with Gasteiger partial charge in [0.1, 0.15) is 0 Å². The minimum atomic E-state index is -1.27. The van der Waals surface area contributed by atoms with Gasteiger partial charge < -0.3 is 4.74 Å². The maximum absolute atomic E-state index is 5.72.